The Bertz CT molecular complexity index is 700. The van der Waals surface area contributed by atoms with Crippen molar-refractivity contribution < 1.29 is 9.53 Å². The molecule has 2 atom stereocenters. The summed E-state index contributed by atoms with van der Waals surface area (Å²) in [4.78, 5) is 20.2. The van der Waals surface area contributed by atoms with Crippen molar-refractivity contribution in [2.75, 3.05) is 12.4 Å². The molecule has 2 aromatic rings. The number of carbonyl (C=O) groups is 1. The zero-order valence-electron chi connectivity index (χ0n) is 12.5. The molecular formula is C16H18N4O2. The summed E-state index contributed by atoms with van der Waals surface area (Å²) in [6.07, 6.45) is 3.81. The van der Waals surface area contributed by atoms with E-state index in [1.807, 2.05) is 18.2 Å². The third kappa shape index (κ3) is 2.92. The van der Waals surface area contributed by atoms with E-state index in [0.29, 0.717) is 11.8 Å². The number of rotatable bonds is 4. The number of carbonyl (C=O) groups excluding carboxylic acids is 1. The van der Waals surface area contributed by atoms with E-state index in [4.69, 9.17) is 10.5 Å². The molecule has 0 bridgehead atoms. The molecule has 0 spiro atoms. The van der Waals surface area contributed by atoms with Crippen molar-refractivity contribution in [1.29, 1.82) is 0 Å². The van der Waals surface area contributed by atoms with Crippen molar-refractivity contribution in [3.63, 3.8) is 0 Å². The fourth-order valence-corrected chi connectivity index (χ4v) is 2.42. The highest BCUT2D eigenvalue weighted by Crippen LogP contribution is 2.41. The molecule has 22 heavy (non-hydrogen) atoms. The maximum atomic E-state index is 12.2. The van der Waals surface area contributed by atoms with E-state index in [1.54, 1.807) is 0 Å². The second kappa shape index (κ2) is 5.73. The zero-order valence-corrected chi connectivity index (χ0v) is 12.5. The Labute approximate surface area is 128 Å². The molecule has 1 amide bonds. The fourth-order valence-electron chi connectivity index (χ4n) is 2.42. The predicted octanol–water partition coefficient (Wildman–Crippen LogP) is 1.86. The summed E-state index contributed by atoms with van der Waals surface area (Å²) in [5.41, 5.74) is 9.29. The third-order valence-electron chi connectivity index (χ3n) is 3.85. The number of aromatic nitrogens is 2. The number of nitrogens with two attached hydrogens (primary N) is 1. The Balaban J connectivity index is 1.76. The first-order chi connectivity index (χ1) is 10.6. The Morgan fingerprint density at radius 3 is 2.73 bits per heavy atom. The Hall–Kier alpha value is -2.47. The van der Waals surface area contributed by atoms with E-state index in [2.05, 4.69) is 22.2 Å². The smallest absolute Gasteiger partial charge is 0.275 e. The van der Waals surface area contributed by atoms with Crippen LogP contribution >= 0.6 is 0 Å². The van der Waals surface area contributed by atoms with Gasteiger partial charge in [-0.1, -0.05) is 6.07 Å². The Morgan fingerprint density at radius 1 is 1.36 bits per heavy atom. The van der Waals surface area contributed by atoms with E-state index in [1.165, 1.54) is 30.6 Å². The number of nitrogens with one attached hydrogen (secondary N) is 1. The number of hydrogen-bond acceptors (Lipinski definition) is 5. The predicted molar refractivity (Wildman–Crippen MR) is 83.0 cm³/mol. The molecule has 1 aliphatic rings. The highest BCUT2D eigenvalue weighted by atomic mass is 16.5. The normalized spacial score (nSPS) is 19.6. The average Bonchev–Trinajstić information content (AvgIpc) is 3.26. The minimum Gasteiger partial charge on any atom is -0.480 e. The number of methoxy groups -OCH3 is 1. The molecule has 3 rings (SSSR count). The highest BCUT2D eigenvalue weighted by Gasteiger charge is 2.35. The van der Waals surface area contributed by atoms with Crippen LogP contribution in [-0.4, -0.2) is 29.0 Å². The van der Waals surface area contributed by atoms with Crippen LogP contribution in [0.1, 0.15) is 34.0 Å². The first-order valence-electron chi connectivity index (χ1n) is 7.12. The number of aryl methyl sites for hydroxylation is 1. The molecular weight excluding hydrogens is 280 g/mol. The Morgan fingerprint density at radius 2 is 2.14 bits per heavy atom. The van der Waals surface area contributed by atoms with E-state index >= 15 is 0 Å². The minimum atomic E-state index is -0.301. The van der Waals surface area contributed by atoms with Crippen LogP contribution in [-0.2, 0) is 0 Å². The molecule has 0 radical (unpaired) electrons. The summed E-state index contributed by atoms with van der Waals surface area (Å²) in [6, 6.07) is 6.09. The van der Waals surface area contributed by atoms with Crippen molar-refractivity contribution in [2.45, 2.75) is 25.3 Å². The summed E-state index contributed by atoms with van der Waals surface area (Å²) >= 11 is 0. The monoisotopic (exact) mass is 298 g/mol. The maximum absolute atomic E-state index is 12.2. The van der Waals surface area contributed by atoms with E-state index in [-0.39, 0.29) is 17.6 Å². The summed E-state index contributed by atoms with van der Waals surface area (Å²) in [5.74, 6) is 0.472. The number of anilines is 1. The molecule has 1 heterocycles. The standard InChI is InChI=1S/C16H18N4O2/c1-9-3-4-10(5-11(9)12-6-13(12)17)20-16(21)14-7-19-15(22-2)8-18-14/h3-5,7-8,12-13H,6,17H2,1-2H3,(H,20,21)/t12-,13-/m1/s1. The molecule has 1 saturated carbocycles. The molecule has 6 nitrogen and oxygen atoms in total. The zero-order chi connectivity index (χ0) is 15.7. The number of benzene rings is 1. The average molecular weight is 298 g/mol. The number of amides is 1. The van der Waals surface area contributed by atoms with Crippen molar-refractivity contribution in [3.05, 3.63) is 47.4 Å². The van der Waals surface area contributed by atoms with Gasteiger partial charge in [0.25, 0.3) is 5.91 Å². The van der Waals surface area contributed by atoms with Gasteiger partial charge in [-0.25, -0.2) is 9.97 Å². The van der Waals surface area contributed by atoms with Gasteiger partial charge in [0, 0.05) is 17.6 Å². The summed E-state index contributed by atoms with van der Waals surface area (Å²) in [6.45, 7) is 2.06. The van der Waals surface area contributed by atoms with Crippen LogP contribution in [0, 0.1) is 6.92 Å². The van der Waals surface area contributed by atoms with Gasteiger partial charge in [-0.05, 0) is 36.6 Å². The van der Waals surface area contributed by atoms with Crippen LogP contribution in [0.15, 0.2) is 30.6 Å². The molecule has 0 saturated heterocycles. The quantitative estimate of drug-likeness (QED) is 0.899. The van der Waals surface area contributed by atoms with Crippen LogP contribution in [0.5, 0.6) is 5.88 Å². The van der Waals surface area contributed by atoms with Gasteiger partial charge < -0.3 is 15.8 Å². The number of nitrogens with zero attached hydrogens (tertiary/aromatic N) is 2. The first-order valence-corrected chi connectivity index (χ1v) is 7.12. The van der Waals surface area contributed by atoms with Gasteiger partial charge in [-0.3, -0.25) is 4.79 Å². The lowest BCUT2D eigenvalue weighted by Crippen LogP contribution is -2.14. The molecule has 0 unspecified atom stereocenters. The van der Waals surface area contributed by atoms with Crippen LogP contribution in [0.2, 0.25) is 0 Å². The lowest BCUT2D eigenvalue weighted by molar-refractivity contribution is 0.102. The molecule has 114 valence electrons. The van der Waals surface area contributed by atoms with Gasteiger partial charge in [0.05, 0.1) is 19.5 Å². The van der Waals surface area contributed by atoms with Gasteiger partial charge in [-0.15, -0.1) is 0 Å². The fraction of sp³-hybridized carbons (Fsp3) is 0.312. The van der Waals surface area contributed by atoms with E-state index < -0.39 is 0 Å². The molecule has 1 aliphatic carbocycles. The Kier molecular flexibility index (Phi) is 3.77. The van der Waals surface area contributed by atoms with E-state index in [9.17, 15) is 4.79 Å². The van der Waals surface area contributed by atoms with Gasteiger partial charge in [0.1, 0.15) is 5.69 Å². The molecule has 1 fully saturated rings. The SMILES string of the molecule is COc1cnc(C(=O)Nc2ccc(C)c([C@H]3C[C@H]3N)c2)cn1. The van der Waals surface area contributed by atoms with Gasteiger partial charge in [0.15, 0.2) is 0 Å². The van der Waals surface area contributed by atoms with Crippen LogP contribution in [0.4, 0.5) is 5.69 Å². The van der Waals surface area contributed by atoms with Crippen molar-refractivity contribution in [1.82, 2.24) is 9.97 Å². The van der Waals surface area contributed by atoms with Crippen LogP contribution in [0.3, 0.4) is 0 Å². The maximum Gasteiger partial charge on any atom is 0.275 e. The summed E-state index contributed by atoms with van der Waals surface area (Å²) < 4.78 is 4.92. The van der Waals surface area contributed by atoms with Gasteiger partial charge in [-0.2, -0.15) is 0 Å². The van der Waals surface area contributed by atoms with Crippen LogP contribution < -0.4 is 15.8 Å². The second-order valence-corrected chi connectivity index (χ2v) is 5.48. The van der Waals surface area contributed by atoms with Crippen LogP contribution in [0.25, 0.3) is 0 Å². The summed E-state index contributed by atoms with van der Waals surface area (Å²) in [5, 5.41) is 2.84. The molecule has 1 aromatic carbocycles. The molecule has 0 aliphatic heterocycles. The molecule has 3 N–H and O–H groups in total. The van der Waals surface area contributed by atoms with Gasteiger partial charge in [0.2, 0.25) is 5.88 Å². The van der Waals surface area contributed by atoms with Crippen molar-refractivity contribution in [2.24, 2.45) is 5.73 Å². The van der Waals surface area contributed by atoms with Crippen molar-refractivity contribution >= 4 is 11.6 Å². The first kappa shape index (κ1) is 14.5. The lowest BCUT2D eigenvalue weighted by atomic mass is 10.0. The molecule has 1 aromatic heterocycles. The largest absolute Gasteiger partial charge is 0.480 e. The molecule has 6 heteroatoms. The second-order valence-electron chi connectivity index (χ2n) is 5.48. The lowest BCUT2D eigenvalue weighted by Gasteiger charge is -2.10. The van der Waals surface area contributed by atoms with E-state index in [0.717, 1.165) is 12.1 Å². The van der Waals surface area contributed by atoms with Crippen molar-refractivity contribution in [3.8, 4) is 5.88 Å². The van der Waals surface area contributed by atoms with Gasteiger partial charge >= 0.3 is 0 Å². The third-order valence-corrected chi connectivity index (χ3v) is 3.85. The highest BCUT2D eigenvalue weighted by molar-refractivity contribution is 6.02. The number of ether oxygens (including phenoxy) is 1. The minimum absolute atomic E-state index is 0.233. The number of hydrogen-bond donors (Lipinski definition) is 2. The topological polar surface area (TPSA) is 90.1 Å². The summed E-state index contributed by atoms with van der Waals surface area (Å²) in [7, 11) is 1.50.